The number of ether oxygens (including phenoxy) is 3. The fourth-order valence-electron chi connectivity index (χ4n) is 3.12. The van der Waals surface area contributed by atoms with Crippen molar-refractivity contribution in [1.29, 1.82) is 0 Å². The summed E-state index contributed by atoms with van der Waals surface area (Å²) in [6.45, 7) is 0.922. The Morgan fingerprint density at radius 2 is 2.06 bits per heavy atom. The van der Waals surface area contributed by atoms with E-state index < -0.39 is 11.3 Å². The highest BCUT2D eigenvalue weighted by Crippen LogP contribution is 2.26. The zero-order valence-corrected chi connectivity index (χ0v) is 16.9. The molecule has 0 spiro atoms. The van der Waals surface area contributed by atoms with E-state index in [1.165, 1.54) is 30.5 Å². The second-order valence-corrected chi connectivity index (χ2v) is 6.98. The van der Waals surface area contributed by atoms with Gasteiger partial charge in [-0.25, -0.2) is 0 Å². The normalized spacial score (nSPS) is 17.4. The van der Waals surface area contributed by atoms with Crippen molar-refractivity contribution < 1.29 is 32.3 Å². The molecule has 8 nitrogen and oxygen atoms in total. The second kappa shape index (κ2) is 9.22. The van der Waals surface area contributed by atoms with Gasteiger partial charge in [0.05, 0.1) is 13.2 Å². The number of fused-ring (bicyclic) bond motifs is 1. The molecule has 0 radical (unpaired) electrons. The van der Waals surface area contributed by atoms with Crippen molar-refractivity contribution in [2.45, 2.75) is 19.0 Å². The predicted molar refractivity (Wildman–Crippen MR) is 109 cm³/mol. The number of halogens is 3. The molecule has 0 N–H and O–H groups in total. The van der Waals surface area contributed by atoms with E-state index in [4.69, 9.17) is 9.47 Å². The second-order valence-electron chi connectivity index (χ2n) is 6.98. The summed E-state index contributed by atoms with van der Waals surface area (Å²) in [6.07, 6.45) is 3.45. The van der Waals surface area contributed by atoms with Crippen molar-refractivity contribution in [2.24, 2.45) is 0 Å². The third kappa shape index (κ3) is 5.81. The molecule has 11 heteroatoms. The minimum absolute atomic E-state index is 0.199. The minimum atomic E-state index is -4.73. The van der Waals surface area contributed by atoms with Gasteiger partial charge in [-0.15, -0.1) is 13.2 Å². The summed E-state index contributed by atoms with van der Waals surface area (Å²) in [5.74, 6) is -0.563. The van der Waals surface area contributed by atoms with Gasteiger partial charge in [0.25, 0.3) is 0 Å². The highest BCUT2D eigenvalue weighted by atomic mass is 19.4. The molecule has 1 atom stereocenters. The van der Waals surface area contributed by atoms with Gasteiger partial charge in [0.15, 0.2) is 0 Å². The largest absolute Gasteiger partial charge is 0.573 e. The average Bonchev–Trinajstić information content (AvgIpc) is 3.21. The summed E-state index contributed by atoms with van der Waals surface area (Å²) in [7, 11) is 0. The van der Waals surface area contributed by atoms with Crippen LogP contribution in [0.25, 0.3) is 5.57 Å². The van der Waals surface area contributed by atoms with Crippen LogP contribution in [0.2, 0.25) is 0 Å². The van der Waals surface area contributed by atoms with Gasteiger partial charge in [-0.2, -0.15) is 0 Å². The van der Waals surface area contributed by atoms with Crippen molar-refractivity contribution in [1.82, 2.24) is 9.55 Å². The maximum Gasteiger partial charge on any atom is 0.573 e. The Bertz CT molecular complexity index is 1210. The van der Waals surface area contributed by atoms with Gasteiger partial charge in [-0.3, -0.25) is 4.57 Å². The van der Waals surface area contributed by atoms with Gasteiger partial charge >= 0.3 is 18.2 Å². The highest BCUT2D eigenvalue weighted by Gasteiger charge is 2.31. The quantitative estimate of drug-likeness (QED) is 0.347. The first kappa shape index (κ1) is 22.2. The molecule has 1 aliphatic carbocycles. The monoisotopic (exact) mass is 459 g/mol. The molecule has 0 fully saturated rings. The maximum absolute atomic E-state index is 12.2. The zero-order valence-electron chi connectivity index (χ0n) is 16.9. The molecule has 0 unspecified atom stereocenters. The number of nitro groups is 1. The van der Waals surface area contributed by atoms with Crippen LogP contribution < -0.4 is 9.47 Å². The van der Waals surface area contributed by atoms with E-state index in [0.717, 1.165) is 5.57 Å². The van der Waals surface area contributed by atoms with Crippen LogP contribution in [0, 0.1) is 10.1 Å². The summed E-state index contributed by atoms with van der Waals surface area (Å²) >= 11 is 0. The minimum Gasteiger partial charge on any atom is -0.443 e. The maximum atomic E-state index is 12.2. The third-order valence-corrected chi connectivity index (χ3v) is 4.61. The van der Waals surface area contributed by atoms with E-state index in [1.54, 1.807) is 28.9 Å². The van der Waals surface area contributed by atoms with Gasteiger partial charge < -0.3 is 24.3 Å². The van der Waals surface area contributed by atoms with Crippen LogP contribution in [0.1, 0.15) is 5.56 Å². The number of alkyl halides is 3. The molecule has 0 amide bonds. The molecule has 4 rings (SSSR count). The van der Waals surface area contributed by atoms with Crippen LogP contribution in [0.15, 0.2) is 71.8 Å². The molecular weight excluding hydrogens is 443 g/mol. The molecule has 0 saturated heterocycles. The summed E-state index contributed by atoms with van der Waals surface area (Å²) < 4.78 is 53.3. The number of aromatic nitrogens is 2. The molecule has 2 heterocycles. The molecule has 1 aromatic heterocycles. The van der Waals surface area contributed by atoms with Gasteiger partial charge in [0.2, 0.25) is 0 Å². The van der Waals surface area contributed by atoms with Crippen molar-refractivity contribution in [3.8, 4) is 11.8 Å². The smallest absolute Gasteiger partial charge is 0.443 e. The molecule has 0 saturated carbocycles. The van der Waals surface area contributed by atoms with E-state index in [-0.39, 0.29) is 36.9 Å². The predicted octanol–water partition coefficient (Wildman–Crippen LogP) is 4.36. The number of allylic oxidation sites excluding steroid dienone is 5. The number of imidazole rings is 1. The Balaban J connectivity index is 1.31. The van der Waals surface area contributed by atoms with E-state index in [9.17, 15) is 23.3 Å². The summed E-state index contributed by atoms with van der Waals surface area (Å²) in [5.41, 5.74) is 8.03. The first-order valence-corrected chi connectivity index (χ1v) is 9.69. The standard InChI is InChI=1S/C22H16F3N3O5/c23-22(24,25)33-18-9-7-17(8-10-18)16-5-3-15(4-6-16)2-1-11-31-19-12-27-13-20(28(29)30)26-21(27)32-14-19/h1-3,5,7-10,13,19H,11-12,14H2/b2-1+/t19-/m0/s1. The molecule has 1 aromatic carbocycles. The highest BCUT2D eigenvalue weighted by molar-refractivity contribution is 5.75. The molecular formula is C22H16F3N3O5. The average molecular weight is 459 g/mol. The molecule has 170 valence electrons. The lowest BCUT2D eigenvalue weighted by atomic mass is 10.0. The Kier molecular flexibility index (Phi) is 6.19. The fraction of sp³-hybridized carbons (Fsp3) is 0.227. The van der Waals surface area contributed by atoms with Crippen molar-refractivity contribution in [3.63, 3.8) is 0 Å². The van der Waals surface area contributed by atoms with Gasteiger partial charge in [-0.1, -0.05) is 29.7 Å². The molecule has 1 aliphatic heterocycles. The van der Waals surface area contributed by atoms with Gasteiger partial charge in [-0.05, 0) is 40.8 Å². The Labute approximate surface area is 185 Å². The van der Waals surface area contributed by atoms with Crippen LogP contribution >= 0.6 is 0 Å². The fourth-order valence-corrected chi connectivity index (χ4v) is 3.12. The summed E-state index contributed by atoms with van der Waals surface area (Å²) in [6, 6.07) is 5.70. The van der Waals surface area contributed by atoms with Crippen LogP contribution in [-0.4, -0.2) is 40.2 Å². The van der Waals surface area contributed by atoms with Crippen LogP contribution in [0.3, 0.4) is 0 Å². The van der Waals surface area contributed by atoms with E-state index in [0.29, 0.717) is 17.7 Å². The Morgan fingerprint density at radius 1 is 1.27 bits per heavy atom. The van der Waals surface area contributed by atoms with E-state index >= 15 is 0 Å². The lowest BCUT2D eigenvalue weighted by Crippen LogP contribution is -2.32. The lowest BCUT2D eigenvalue weighted by Gasteiger charge is -2.21. The number of benzene rings is 1. The Hall–Kier alpha value is -4.04. The van der Waals surface area contributed by atoms with Crippen molar-refractivity contribution in [3.05, 3.63) is 87.5 Å². The summed E-state index contributed by atoms with van der Waals surface area (Å²) in [5, 5.41) is 10.8. The van der Waals surface area contributed by atoms with Crippen molar-refractivity contribution >= 4 is 11.4 Å². The lowest BCUT2D eigenvalue weighted by molar-refractivity contribution is -0.389. The first-order valence-electron chi connectivity index (χ1n) is 9.69. The van der Waals surface area contributed by atoms with Crippen LogP contribution in [0.4, 0.5) is 19.0 Å². The van der Waals surface area contributed by atoms with Crippen LogP contribution in [0.5, 0.6) is 11.8 Å². The number of rotatable bonds is 7. The Morgan fingerprint density at radius 3 is 2.73 bits per heavy atom. The molecule has 0 bridgehead atoms. The zero-order chi connectivity index (χ0) is 23.4. The SMILES string of the molecule is O=[N+]([O-])c1cn2c(n1)OC[C@@H](OC/C=C/C1=C=C=C(c3ccc(OC(F)(F)F)cc3)C=C1)C2. The van der Waals surface area contributed by atoms with Crippen LogP contribution in [-0.2, 0) is 11.3 Å². The van der Waals surface area contributed by atoms with E-state index in [2.05, 4.69) is 21.2 Å². The van der Waals surface area contributed by atoms with Gasteiger partial charge in [0, 0.05) is 16.1 Å². The molecule has 33 heavy (non-hydrogen) atoms. The number of hydrogen-bond donors (Lipinski definition) is 0. The topological polar surface area (TPSA) is 88.7 Å². The van der Waals surface area contributed by atoms with E-state index in [1.807, 2.05) is 0 Å². The third-order valence-electron chi connectivity index (χ3n) is 4.61. The first-order chi connectivity index (χ1) is 15.8. The molecule has 2 aromatic rings. The number of nitrogens with zero attached hydrogens (tertiary/aromatic N) is 3. The number of hydrogen-bond acceptors (Lipinski definition) is 6. The van der Waals surface area contributed by atoms with Crippen molar-refractivity contribution in [2.75, 3.05) is 13.2 Å². The summed E-state index contributed by atoms with van der Waals surface area (Å²) in [4.78, 5) is 14.0. The van der Waals surface area contributed by atoms with Gasteiger partial charge in [0.1, 0.15) is 24.7 Å². The molecule has 2 aliphatic rings.